The van der Waals surface area contributed by atoms with E-state index in [1.165, 1.54) is 6.08 Å². The highest BCUT2D eigenvalue weighted by atomic mass is 16.3. The van der Waals surface area contributed by atoms with Crippen molar-refractivity contribution in [3.8, 4) is 0 Å². The topological polar surface area (TPSA) is 40.5 Å². The van der Waals surface area contributed by atoms with Gasteiger partial charge in [-0.05, 0) is 36.3 Å². The van der Waals surface area contributed by atoms with Crippen molar-refractivity contribution in [2.24, 2.45) is 0 Å². The molecule has 0 saturated heterocycles. The van der Waals surface area contributed by atoms with Gasteiger partial charge in [-0.15, -0.1) is 0 Å². The lowest BCUT2D eigenvalue weighted by Crippen LogP contribution is -2.25. The highest BCUT2D eigenvalue weighted by molar-refractivity contribution is 5.38. The van der Waals surface area contributed by atoms with E-state index in [1.54, 1.807) is 12.2 Å². The zero-order chi connectivity index (χ0) is 10.9. The van der Waals surface area contributed by atoms with E-state index in [2.05, 4.69) is 0 Å². The van der Waals surface area contributed by atoms with Gasteiger partial charge in [0.15, 0.2) is 0 Å². The van der Waals surface area contributed by atoms with Gasteiger partial charge in [-0.3, -0.25) is 0 Å². The molecule has 78 valence electrons. The van der Waals surface area contributed by atoms with Gasteiger partial charge in [-0.25, -0.2) is 0 Å². The lowest BCUT2D eigenvalue weighted by Gasteiger charge is -2.27. The second kappa shape index (κ2) is 3.55. The molecule has 0 radical (unpaired) electrons. The molecule has 0 spiro atoms. The van der Waals surface area contributed by atoms with E-state index in [-0.39, 0.29) is 5.76 Å². The summed E-state index contributed by atoms with van der Waals surface area (Å²) in [6.45, 7) is 1.97. The lowest BCUT2D eigenvalue weighted by molar-refractivity contribution is 0.0887. The fourth-order valence-electron chi connectivity index (χ4n) is 1.88. The molecule has 2 nitrogen and oxygen atoms in total. The van der Waals surface area contributed by atoms with Gasteiger partial charge < -0.3 is 10.2 Å². The molecular weight excluding hydrogens is 188 g/mol. The Morgan fingerprint density at radius 3 is 2.60 bits per heavy atom. The molecule has 0 aromatic heterocycles. The first kappa shape index (κ1) is 9.99. The monoisotopic (exact) mass is 202 g/mol. The largest absolute Gasteiger partial charge is 0.508 e. The molecule has 0 aliphatic heterocycles. The summed E-state index contributed by atoms with van der Waals surface area (Å²) in [5.74, 6) is 0.216. The molecule has 0 saturated carbocycles. The molecule has 2 heteroatoms. The minimum absolute atomic E-state index is 0.216. The van der Waals surface area contributed by atoms with Gasteiger partial charge in [0, 0.05) is 6.42 Å². The SMILES string of the molecule is Cc1ccccc1C1(O)C=CC(O)=CC1. The van der Waals surface area contributed by atoms with E-state index in [0.29, 0.717) is 6.42 Å². The van der Waals surface area contributed by atoms with Gasteiger partial charge in [0.05, 0.1) is 0 Å². The molecule has 1 aromatic carbocycles. The summed E-state index contributed by atoms with van der Waals surface area (Å²) in [5.41, 5.74) is 0.974. The Kier molecular flexibility index (Phi) is 2.37. The summed E-state index contributed by atoms with van der Waals surface area (Å²) in [4.78, 5) is 0. The maximum atomic E-state index is 10.4. The number of aliphatic hydroxyl groups excluding tert-OH is 1. The van der Waals surface area contributed by atoms with Crippen LogP contribution in [0, 0.1) is 6.92 Å². The molecule has 1 unspecified atom stereocenters. The molecule has 0 bridgehead atoms. The second-order valence-corrected chi connectivity index (χ2v) is 3.91. The van der Waals surface area contributed by atoms with E-state index < -0.39 is 5.60 Å². The molecule has 15 heavy (non-hydrogen) atoms. The van der Waals surface area contributed by atoms with Crippen LogP contribution >= 0.6 is 0 Å². The van der Waals surface area contributed by atoms with Crippen molar-refractivity contribution in [1.29, 1.82) is 0 Å². The van der Waals surface area contributed by atoms with Crippen molar-refractivity contribution in [2.45, 2.75) is 18.9 Å². The average Bonchev–Trinajstić information content (AvgIpc) is 2.23. The zero-order valence-corrected chi connectivity index (χ0v) is 8.64. The van der Waals surface area contributed by atoms with E-state index in [0.717, 1.165) is 11.1 Å². The quantitative estimate of drug-likeness (QED) is 0.734. The van der Waals surface area contributed by atoms with E-state index in [4.69, 9.17) is 0 Å². The number of benzene rings is 1. The summed E-state index contributed by atoms with van der Waals surface area (Å²) in [5, 5.41) is 19.6. The number of hydrogen-bond donors (Lipinski definition) is 2. The Bertz CT molecular complexity index is 432. The van der Waals surface area contributed by atoms with Gasteiger partial charge >= 0.3 is 0 Å². The summed E-state index contributed by atoms with van der Waals surface area (Å²) in [7, 11) is 0. The Morgan fingerprint density at radius 1 is 1.27 bits per heavy atom. The molecule has 0 fully saturated rings. The molecular formula is C13H14O2. The molecule has 0 heterocycles. The van der Waals surface area contributed by atoms with Crippen molar-refractivity contribution in [1.82, 2.24) is 0 Å². The minimum Gasteiger partial charge on any atom is -0.508 e. The van der Waals surface area contributed by atoms with E-state index in [1.807, 2.05) is 31.2 Å². The van der Waals surface area contributed by atoms with Crippen LogP contribution in [0.3, 0.4) is 0 Å². The number of allylic oxidation sites excluding steroid dienone is 1. The maximum Gasteiger partial charge on any atom is 0.112 e. The fourth-order valence-corrected chi connectivity index (χ4v) is 1.88. The van der Waals surface area contributed by atoms with Crippen molar-refractivity contribution >= 4 is 0 Å². The summed E-state index contributed by atoms with van der Waals surface area (Å²) >= 11 is 0. The van der Waals surface area contributed by atoms with Gasteiger partial charge in [-0.2, -0.15) is 0 Å². The van der Waals surface area contributed by atoms with Crippen LogP contribution in [0.5, 0.6) is 0 Å². The Labute approximate surface area is 89.2 Å². The third kappa shape index (κ3) is 1.81. The van der Waals surface area contributed by atoms with Gasteiger partial charge in [-0.1, -0.05) is 24.3 Å². The van der Waals surface area contributed by atoms with Crippen molar-refractivity contribution in [3.63, 3.8) is 0 Å². The van der Waals surface area contributed by atoms with Gasteiger partial charge in [0.1, 0.15) is 11.4 Å². The molecule has 1 aliphatic carbocycles. The highest BCUT2D eigenvalue weighted by Gasteiger charge is 2.28. The first-order valence-electron chi connectivity index (χ1n) is 4.99. The third-order valence-corrected chi connectivity index (χ3v) is 2.76. The van der Waals surface area contributed by atoms with Crippen LogP contribution in [0.4, 0.5) is 0 Å². The fraction of sp³-hybridized carbons (Fsp3) is 0.231. The smallest absolute Gasteiger partial charge is 0.112 e. The summed E-state index contributed by atoms with van der Waals surface area (Å²) in [6, 6.07) is 7.74. The first-order valence-corrected chi connectivity index (χ1v) is 4.99. The van der Waals surface area contributed by atoms with Crippen LogP contribution in [0.2, 0.25) is 0 Å². The molecule has 2 rings (SSSR count). The lowest BCUT2D eigenvalue weighted by atomic mass is 9.85. The first-order chi connectivity index (χ1) is 7.12. The van der Waals surface area contributed by atoms with Gasteiger partial charge in [0.2, 0.25) is 0 Å². The number of aliphatic hydroxyl groups is 2. The van der Waals surface area contributed by atoms with E-state index in [9.17, 15) is 10.2 Å². The average molecular weight is 202 g/mol. The summed E-state index contributed by atoms with van der Waals surface area (Å²) in [6.07, 6.45) is 5.23. The predicted octanol–water partition coefficient (Wildman–Crippen LogP) is 2.58. The van der Waals surface area contributed by atoms with Crippen LogP contribution in [-0.4, -0.2) is 10.2 Å². The number of aryl methyl sites for hydroxylation is 1. The van der Waals surface area contributed by atoms with E-state index >= 15 is 0 Å². The highest BCUT2D eigenvalue weighted by Crippen LogP contribution is 2.32. The van der Waals surface area contributed by atoms with Crippen LogP contribution in [-0.2, 0) is 5.60 Å². The van der Waals surface area contributed by atoms with Crippen molar-refractivity contribution in [3.05, 3.63) is 59.4 Å². The molecule has 1 aromatic rings. The maximum absolute atomic E-state index is 10.4. The van der Waals surface area contributed by atoms with Crippen LogP contribution in [0.25, 0.3) is 0 Å². The van der Waals surface area contributed by atoms with Crippen molar-refractivity contribution < 1.29 is 10.2 Å². The number of hydrogen-bond acceptors (Lipinski definition) is 2. The zero-order valence-electron chi connectivity index (χ0n) is 8.64. The van der Waals surface area contributed by atoms with Crippen LogP contribution in [0.1, 0.15) is 17.5 Å². The Morgan fingerprint density at radius 2 is 2.00 bits per heavy atom. The Hall–Kier alpha value is -1.54. The predicted molar refractivity (Wildman–Crippen MR) is 59.5 cm³/mol. The molecule has 2 N–H and O–H groups in total. The third-order valence-electron chi connectivity index (χ3n) is 2.76. The standard InChI is InChI=1S/C13H14O2/c1-10-4-2-3-5-12(10)13(15)8-6-11(14)7-9-13/h2-8,14-15H,9H2,1H3. The van der Waals surface area contributed by atoms with Crippen LogP contribution in [0.15, 0.2) is 48.3 Å². The van der Waals surface area contributed by atoms with Crippen LogP contribution < -0.4 is 0 Å². The minimum atomic E-state index is -0.975. The van der Waals surface area contributed by atoms with Crippen molar-refractivity contribution in [2.75, 3.05) is 0 Å². The summed E-state index contributed by atoms with van der Waals surface area (Å²) < 4.78 is 0. The Balaban J connectivity index is 2.40. The van der Waals surface area contributed by atoms with Gasteiger partial charge in [0.25, 0.3) is 0 Å². The second-order valence-electron chi connectivity index (χ2n) is 3.91. The number of rotatable bonds is 1. The normalized spacial score (nSPS) is 25.1. The molecule has 0 amide bonds. The molecule has 1 atom stereocenters. The molecule has 1 aliphatic rings.